The van der Waals surface area contributed by atoms with Crippen molar-refractivity contribution in [3.05, 3.63) is 61.7 Å². The lowest BCUT2D eigenvalue weighted by atomic mass is 10.1. The number of hydrogen-bond donors (Lipinski definition) is 0. The van der Waals surface area contributed by atoms with Gasteiger partial charge in [-0.25, -0.2) is 0 Å². The summed E-state index contributed by atoms with van der Waals surface area (Å²) in [4.78, 5) is 0. The van der Waals surface area contributed by atoms with Gasteiger partial charge in [-0.2, -0.15) is 0 Å². The summed E-state index contributed by atoms with van der Waals surface area (Å²) in [6, 6.07) is 8.36. The summed E-state index contributed by atoms with van der Waals surface area (Å²) in [6.45, 7) is 16.2. The zero-order chi connectivity index (χ0) is 9.98. The van der Waals surface area contributed by atoms with Crippen LogP contribution in [0.15, 0.2) is 50.6 Å². The van der Waals surface area contributed by atoms with E-state index in [2.05, 4.69) is 64.4 Å². The van der Waals surface area contributed by atoms with E-state index in [-0.39, 0.29) is 0 Å². The molecule has 12 heavy (non-hydrogen) atoms. The maximum atomic E-state index is 3.00. The van der Waals surface area contributed by atoms with Crippen LogP contribution in [0.5, 0.6) is 0 Å². The predicted octanol–water partition coefficient (Wildman–Crippen LogP) is 3.91. The molecule has 0 spiro atoms. The molecule has 0 saturated heterocycles. The van der Waals surface area contributed by atoms with E-state index < -0.39 is 0 Å². The van der Waals surface area contributed by atoms with Crippen molar-refractivity contribution < 1.29 is 0 Å². The fraction of sp³-hybridized carbons (Fsp3) is 0.167. The van der Waals surface area contributed by atoms with Crippen molar-refractivity contribution in [2.45, 2.75) is 13.8 Å². The Labute approximate surface area is 76.3 Å². The lowest BCUT2D eigenvalue weighted by Crippen LogP contribution is -1.74. The molecule has 1 aromatic rings. The molecule has 0 aliphatic carbocycles. The Hall–Kier alpha value is -1.30. The van der Waals surface area contributed by atoms with Gasteiger partial charge in [0.05, 0.1) is 0 Å². The van der Waals surface area contributed by atoms with Crippen molar-refractivity contribution in [1.82, 2.24) is 0 Å². The highest BCUT2D eigenvalue weighted by molar-refractivity contribution is 5.23. The van der Waals surface area contributed by atoms with E-state index in [1.54, 1.807) is 0 Å². The molecule has 0 aliphatic rings. The van der Waals surface area contributed by atoms with E-state index in [0.717, 1.165) is 0 Å². The van der Waals surface area contributed by atoms with Crippen LogP contribution in [0.2, 0.25) is 0 Å². The molecule has 0 amide bonds. The van der Waals surface area contributed by atoms with Gasteiger partial charge in [0, 0.05) is 0 Å². The average Bonchev–Trinajstić information content (AvgIpc) is 2.17. The van der Waals surface area contributed by atoms with Crippen LogP contribution in [0.3, 0.4) is 0 Å². The maximum absolute atomic E-state index is 3.00. The van der Waals surface area contributed by atoms with Gasteiger partial charge in [0.1, 0.15) is 0 Å². The number of aryl methyl sites for hydroxylation is 2. The second-order valence-electron chi connectivity index (χ2n) is 2.08. The Balaban J connectivity index is 0. The third-order valence-corrected chi connectivity index (χ3v) is 1.43. The molecule has 0 N–H and O–H groups in total. The van der Waals surface area contributed by atoms with Crippen LogP contribution in [-0.4, -0.2) is 0 Å². The first-order valence-corrected chi connectivity index (χ1v) is 3.83. The van der Waals surface area contributed by atoms with Crippen LogP contribution in [0, 0.1) is 13.8 Å². The highest BCUT2D eigenvalue weighted by atomic mass is 13.9. The minimum absolute atomic E-state index is 1.37. The highest BCUT2D eigenvalue weighted by Crippen LogP contribution is 2.02. The molecule has 0 heterocycles. The minimum Gasteiger partial charge on any atom is -0.106 e. The molecule has 66 valence electrons. The Morgan fingerprint density at radius 3 is 1.17 bits per heavy atom. The normalized spacial score (nSPS) is 6.83. The molecule has 0 saturated carbocycles. The lowest BCUT2D eigenvalue weighted by Gasteiger charge is -1.93. The molecular formula is C12H18. The number of benzene rings is 1. The molecule has 0 atom stereocenters. The van der Waals surface area contributed by atoms with E-state index in [1.807, 2.05) is 0 Å². The summed E-state index contributed by atoms with van der Waals surface area (Å²) < 4.78 is 0. The molecule has 0 nitrogen and oxygen atoms in total. The van der Waals surface area contributed by atoms with Crippen LogP contribution < -0.4 is 0 Å². The Bertz CT molecular complexity index is 178. The van der Waals surface area contributed by atoms with Crippen LogP contribution >= 0.6 is 0 Å². The SMILES string of the molecule is C=C.C=C.Cc1ccccc1C. The second-order valence-corrected chi connectivity index (χ2v) is 2.08. The highest BCUT2D eigenvalue weighted by Gasteiger charge is 1.83. The van der Waals surface area contributed by atoms with Gasteiger partial charge < -0.3 is 0 Å². The fourth-order valence-corrected chi connectivity index (χ4v) is 0.663. The third kappa shape index (κ3) is 5.48. The van der Waals surface area contributed by atoms with E-state index in [9.17, 15) is 0 Å². The molecular weight excluding hydrogens is 144 g/mol. The van der Waals surface area contributed by atoms with Crippen LogP contribution in [0.1, 0.15) is 11.1 Å². The Morgan fingerprint density at radius 1 is 0.750 bits per heavy atom. The van der Waals surface area contributed by atoms with Crippen LogP contribution in [0.4, 0.5) is 0 Å². The van der Waals surface area contributed by atoms with Crippen molar-refractivity contribution in [1.29, 1.82) is 0 Å². The zero-order valence-electron chi connectivity index (χ0n) is 8.14. The van der Waals surface area contributed by atoms with E-state index in [0.29, 0.717) is 0 Å². The van der Waals surface area contributed by atoms with Gasteiger partial charge in [-0.15, -0.1) is 26.3 Å². The van der Waals surface area contributed by atoms with Crippen molar-refractivity contribution >= 4 is 0 Å². The molecule has 0 unspecified atom stereocenters. The first kappa shape index (κ1) is 13.3. The summed E-state index contributed by atoms with van der Waals surface area (Å²) >= 11 is 0. The molecule has 1 aromatic carbocycles. The number of rotatable bonds is 0. The van der Waals surface area contributed by atoms with Crippen molar-refractivity contribution in [2.24, 2.45) is 0 Å². The van der Waals surface area contributed by atoms with Crippen molar-refractivity contribution in [2.75, 3.05) is 0 Å². The van der Waals surface area contributed by atoms with Gasteiger partial charge in [0.15, 0.2) is 0 Å². The van der Waals surface area contributed by atoms with Gasteiger partial charge >= 0.3 is 0 Å². The Morgan fingerprint density at radius 2 is 1.00 bits per heavy atom. The van der Waals surface area contributed by atoms with E-state index >= 15 is 0 Å². The van der Waals surface area contributed by atoms with Crippen LogP contribution in [0.25, 0.3) is 0 Å². The van der Waals surface area contributed by atoms with Crippen molar-refractivity contribution in [3.63, 3.8) is 0 Å². The van der Waals surface area contributed by atoms with Crippen LogP contribution in [-0.2, 0) is 0 Å². The third-order valence-electron chi connectivity index (χ3n) is 1.43. The zero-order valence-corrected chi connectivity index (χ0v) is 8.14. The average molecular weight is 162 g/mol. The molecule has 0 aromatic heterocycles. The summed E-state index contributed by atoms with van der Waals surface area (Å²) in [5.74, 6) is 0. The Kier molecular flexibility index (Phi) is 10.8. The quantitative estimate of drug-likeness (QED) is 0.507. The predicted molar refractivity (Wildman–Crippen MR) is 58.4 cm³/mol. The number of hydrogen-bond acceptors (Lipinski definition) is 0. The minimum atomic E-state index is 1.37. The van der Waals surface area contributed by atoms with Gasteiger partial charge in [0.2, 0.25) is 0 Å². The first-order chi connectivity index (χ1) is 5.80. The van der Waals surface area contributed by atoms with Crippen molar-refractivity contribution in [3.8, 4) is 0 Å². The summed E-state index contributed by atoms with van der Waals surface area (Å²) in [5, 5.41) is 0. The van der Waals surface area contributed by atoms with E-state index in [4.69, 9.17) is 0 Å². The molecule has 0 fully saturated rings. The fourth-order valence-electron chi connectivity index (χ4n) is 0.663. The molecule has 1 rings (SSSR count). The monoisotopic (exact) mass is 162 g/mol. The van der Waals surface area contributed by atoms with Gasteiger partial charge in [-0.05, 0) is 25.0 Å². The standard InChI is InChI=1S/C8H10.2C2H4/c1-7-5-3-4-6-8(7)2;2*1-2/h3-6H,1-2H3;2*1-2H2. The largest absolute Gasteiger partial charge is 0.106 e. The first-order valence-electron chi connectivity index (χ1n) is 3.83. The van der Waals surface area contributed by atoms with Gasteiger partial charge in [0.25, 0.3) is 0 Å². The maximum Gasteiger partial charge on any atom is -0.0395 e. The van der Waals surface area contributed by atoms with Gasteiger partial charge in [-0.1, -0.05) is 24.3 Å². The van der Waals surface area contributed by atoms with E-state index in [1.165, 1.54) is 11.1 Å². The topological polar surface area (TPSA) is 0 Å². The molecule has 0 aliphatic heterocycles. The molecule has 0 radical (unpaired) electrons. The summed E-state index contributed by atoms with van der Waals surface area (Å²) in [5.41, 5.74) is 2.74. The molecule has 0 bridgehead atoms. The summed E-state index contributed by atoms with van der Waals surface area (Å²) in [7, 11) is 0. The smallest absolute Gasteiger partial charge is 0.0395 e. The summed E-state index contributed by atoms with van der Waals surface area (Å²) in [6.07, 6.45) is 0. The van der Waals surface area contributed by atoms with Gasteiger partial charge in [-0.3, -0.25) is 0 Å². The second kappa shape index (κ2) is 9.70. The molecule has 0 heteroatoms. The lowest BCUT2D eigenvalue weighted by molar-refractivity contribution is 1.34.